The zero-order valence-electron chi connectivity index (χ0n) is 7.86. The van der Waals surface area contributed by atoms with Gasteiger partial charge in [-0.1, -0.05) is 0 Å². The van der Waals surface area contributed by atoms with Crippen molar-refractivity contribution in [2.75, 3.05) is 20.1 Å². The van der Waals surface area contributed by atoms with E-state index in [1.165, 1.54) is 0 Å². The van der Waals surface area contributed by atoms with Crippen LogP contribution in [0.15, 0.2) is 17.2 Å². The molecular formula is C9H15N3O. The number of aromatic nitrogens is 2. The van der Waals surface area contributed by atoms with Crippen molar-refractivity contribution in [1.29, 1.82) is 0 Å². The molecule has 72 valence electrons. The highest BCUT2D eigenvalue weighted by Crippen LogP contribution is 2.19. The Labute approximate surface area is 77.2 Å². The molecule has 1 saturated heterocycles. The fraction of sp³-hybridized carbons (Fsp3) is 0.667. The van der Waals surface area contributed by atoms with Crippen LogP contribution in [0.4, 0.5) is 0 Å². The van der Waals surface area contributed by atoms with Gasteiger partial charge in [0.15, 0.2) is 0 Å². The van der Waals surface area contributed by atoms with Gasteiger partial charge in [-0.05, 0) is 33.0 Å². The molecule has 0 saturated carbocycles. The second-order valence-electron chi connectivity index (χ2n) is 3.71. The highest BCUT2D eigenvalue weighted by molar-refractivity contribution is 4.84. The maximum absolute atomic E-state index is 11.3. The number of likely N-dealkylation sites (tertiary alicyclic amines) is 1. The van der Waals surface area contributed by atoms with E-state index in [-0.39, 0.29) is 5.69 Å². The Bertz CT molecular complexity index is 320. The van der Waals surface area contributed by atoms with Crippen LogP contribution in [0, 0.1) is 0 Å². The van der Waals surface area contributed by atoms with E-state index in [0.717, 1.165) is 25.9 Å². The maximum atomic E-state index is 11.3. The van der Waals surface area contributed by atoms with Crippen LogP contribution in [-0.2, 0) is 0 Å². The van der Waals surface area contributed by atoms with Crippen LogP contribution in [0.5, 0.6) is 0 Å². The van der Waals surface area contributed by atoms with Gasteiger partial charge in [-0.2, -0.15) is 0 Å². The van der Waals surface area contributed by atoms with Crippen LogP contribution in [0.3, 0.4) is 0 Å². The largest absolute Gasteiger partial charge is 0.325 e. The van der Waals surface area contributed by atoms with Gasteiger partial charge in [0.25, 0.3) is 0 Å². The number of imidazole rings is 1. The fourth-order valence-corrected chi connectivity index (χ4v) is 1.89. The minimum atomic E-state index is 0.0227. The third-order valence-corrected chi connectivity index (χ3v) is 2.76. The summed E-state index contributed by atoms with van der Waals surface area (Å²) < 4.78 is 1.81. The van der Waals surface area contributed by atoms with E-state index in [0.29, 0.717) is 6.04 Å². The van der Waals surface area contributed by atoms with Crippen molar-refractivity contribution in [3.8, 4) is 0 Å². The molecule has 0 unspecified atom stereocenters. The van der Waals surface area contributed by atoms with Gasteiger partial charge in [0.2, 0.25) is 0 Å². The molecule has 1 fully saturated rings. The van der Waals surface area contributed by atoms with Gasteiger partial charge in [-0.15, -0.1) is 0 Å². The average molecular weight is 181 g/mol. The Morgan fingerprint density at radius 1 is 1.46 bits per heavy atom. The predicted molar refractivity (Wildman–Crippen MR) is 50.8 cm³/mol. The summed E-state index contributed by atoms with van der Waals surface area (Å²) in [5.74, 6) is 0. The van der Waals surface area contributed by atoms with E-state index in [2.05, 4.69) is 16.9 Å². The molecule has 0 amide bonds. The Kier molecular flexibility index (Phi) is 2.22. The Balaban J connectivity index is 2.11. The highest BCUT2D eigenvalue weighted by atomic mass is 16.1. The first kappa shape index (κ1) is 8.56. The van der Waals surface area contributed by atoms with Crippen molar-refractivity contribution in [1.82, 2.24) is 14.5 Å². The minimum Gasteiger partial charge on any atom is -0.313 e. The van der Waals surface area contributed by atoms with Crippen LogP contribution < -0.4 is 5.69 Å². The topological polar surface area (TPSA) is 41.0 Å². The quantitative estimate of drug-likeness (QED) is 0.683. The summed E-state index contributed by atoms with van der Waals surface area (Å²) in [6.07, 6.45) is 5.71. The minimum absolute atomic E-state index is 0.0227. The number of nitrogens with one attached hydrogen (secondary N) is 1. The molecule has 2 rings (SSSR count). The molecule has 4 heteroatoms. The zero-order chi connectivity index (χ0) is 9.26. The Morgan fingerprint density at radius 3 is 2.69 bits per heavy atom. The first-order valence-corrected chi connectivity index (χ1v) is 4.71. The summed E-state index contributed by atoms with van der Waals surface area (Å²) >= 11 is 0. The molecule has 0 atom stereocenters. The molecule has 13 heavy (non-hydrogen) atoms. The molecular weight excluding hydrogens is 166 g/mol. The zero-order valence-corrected chi connectivity index (χ0v) is 7.86. The number of hydrogen-bond acceptors (Lipinski definition) is 2. The summed E-state index contributed by atoms with van der Waals surface area (Å²) in [7, 11) is 2.12. The van der Waals surface area contributed by atoms with Crippen LogP contribution in [0.25, 0.3) is 0 Å². The highest BCUT2D eigenvalue weighted by Gasteiger charge is 2.18. The number of nitrogens with zero attached hydrogens (tertiary/aromatic N) is 2. The van der Waals surface area contributed by atoms with E-state index >= 15 is 0 Å². The Hall–Kier alpha value is -1.03. The van der Waals surface area contributed by atoms with Crippen molar-refractivity contribution in [2.45, 2.75) is 18.9 Å². The van der Waals surface area contributed by atoms with Gasteiger partial charge in [-0.3, -0.25) is 4.57 Å². The van der Waals surface area contributed by atoms with Gasteiger partial charge in [-0.25, -0.2) is 4.79 Å². The molecule has 2 heterocycles. The monoisotopic (exact) mass is 181 g/mol. The van der Waals surface area contributed by atoms with E-state index in [1.54, 1.807) is 6.20 Å². The van der Waals surface area contributed by atoms with Crippen molar-refractivity contribution >= 4 is 0 Å². The van der Waals surface area contributed by atoms with Gasteiger partial charge in [0, 0.05) is 18.4 Å². The van der Waals surface area contributed by atoms with E-state index < -0.39 is 0 Å². The van der Waals surface area contributed by atoms with Gasteiger partial charge in [0.1, 0.15) is 0 Å². The molecule has 1 aliphatic heterocycles. The molecule has 1 N–H and O–H groups in total. The van der Waals surface area contributed by atoms with Crippen LogP contribution in [-0.4, -0.2) is 34.6 Å². The summed E-state index contributed by atoms with van der Waals surface area (Å²) in [4.78, 5) is 16.3. The summed E-state index contributed by atoms with van der Waals surface area (Å²) in [5.41, 5.74) is 0.0227. The molecule has 1 aromatic heterocycles. The number of rotatable bonds is 1. The second-order valence-corrected chi connectivity index (χ2v) is 3.71. The number of hydrogen-bond donors (Lipinski definition) is 1. The van der Waals surface area contributed by atoms with Gasteiger partial charge in [0.05, 0.1) is 0 Å². The third kappa shape index (κ3) is 1.67. The average Bonchev–Trinajstić information content (AvgIpc) is 2.53. The number of aromatic amines is 1. The molecule has 1 aliphatic rings. The van der Waals surface area contributed by atoms with Crippen molar-refractivity contribution < 1.29 is 0 Å². The lowest BCUT2D eigenvalue weighted by molar-refractivity contribution is 0.219. The molecule has 0 radical (unpaired) electrons. The molecule has 1 aromatic rings. The van der Waals surface area contributed by atoms with Crippen LogP contribution >= 0.6 is 0 Å². The van der Waals surface area contributed by atoms with E-state index in [4.69, 9.17) is 0 Å². The van der Waals surface area contributed by atoms with Gasteiger partial charge < -0.3 is 9.88 Å². The lowest BCUT2D eigenvalue weighted by Gasteiger charge is -2.29. The SMILES string of the molecule is CN1CCC(n2cc[nH]c2=O)CC1. The van der Waals surface area contributed by atoms with Crippen molar-refractivity contribution in [3.05, 3.63) is 22.9 Å². The van der Waals surface area contributed by atoms with Crippen LogP contribution in [0.1, 0.15) is 18.9 Å². The predicted octanol–water partition coefficient (Wildman–Crippen LogP) is 0.443. The summed E-state index contributed by atoms with van der Waals surface area (Å²) in [6, 6.07) is 0.398. The first-order valence-electron chi connectivity index (χ1n) is 4.71. The van der Waals surface area contributed by atoms with Gasteiger partial charge >= 0.3 is 5.69 Å². The third-order valence-electron chi connectivity index (χ3n) is 2.76. The fourth-order valence-electron chi connectivity index (χ4n) is 1.89. The standard InChI is InChI=1S/C9H15N3O/c1-11-5-2-8(3-6-11)12-7-4-10-9(12)13/h4,7-8H,2-3,5-6H2,1H3,(H,10,13). The molecule has 0 bridgehead atoms. The summed E-state index contributed by atoms with van der Waals surface area (Å²) in [6.45, 7) is 2.17. The molecule has 0 aliphatic carbocycles. The number of piperidine rings is 1. The smallest absolute Gasteiger partial charge is 0.313 e. The van der Waals surface area contributed by atoms with E-state index in [9.17, 15) is 4.79 Å². The lowest BCUT2D eigenvalue weighted by atomic mass is 10.1. The van der Waals surface area contributed by atoms with E-state index in [1.807, 2.05) is 10.8 Å². The van der Waals surface area contributed by atoms with Crippen molar-refractivity contribution in [3.63, 3.8) is 0 Å². The summed E-state index contributed by atoms with van der Waals surface area (Å²) in [5, 5.41) is 0. The first-order chi connectivity index (χ1) is 6.27. The lowest BCUT2D eigenvalue weighted by Crippen LogP contribution is -2.34. The maximum Gasteiger partial charge on any atom is 0.325 e. The molecule has 0 aromatic carbocycles. The molecule has 0 spiro atoms. The Morgan fingerprint density at radius 2 is 2.15 bits per heavy atom. The second kappa shape index (κ2) is 3.38. The number of H-pyrrole nitrogens is 1. The molecule has 4 nitrogen and oxygen atoms in total. The van der Waals surface area contributed by atoms with Crippen molar-refractivity contribution in [2.24, 2.45) is 0 Å². The van der Waals surface area contributed by atoms with Crippen LogP contribution in [0.2, 0.25) is 0 Å². The normalized spacial score (nSPS) is 20.7.